The number of aryl methyl sites for hydroxylation is 1. The average molecular weight is 276 g/mol. The number of rotatable bonds is 5. The van der Waals surface area contributed by atoms with E-state index in [9.17, 15) is 4.79 Å². The Morgan fingerprint density at radius 2 is 2.25 bits per heavy atom. The summed E-state index contributed by atoms with van der Waals surface area (Å²) in [5.74, 6) is -0.0360. The second-order valence-electron chi connectivity index (χ2n) is 5.78. The van der Waals surface area contributed by atoms with Gasteiger partial charge in [0.1, 0.15) is 0 Å². The standard InChI is InChI=1S/C16H24N2O2/c1-4-20-16(2,3)11-18-15(19)13-7-8-14-12(10-13)6-5-9-17-14/h7-8,10,17H,4-6,9,11H2,1-3H3,(H,18,19). The van der Waals surface area contributed by atoms with Gasteiger partial charge in [0.15, 0.2) is 0 Å². The Bertz CT molecular complexity index is 483. The van der Waals surface area contributed by atoms with E-state index in [4.69, 9.17) is 4.74 Å². The van der Waals surface area contributed by atoms with E-state index in [1.54, 1.807) is 0 Å². The molecule has 0 saturated heterocycles. The number of carbonyl (C=O) groups is 1. The van der Waals surface area contributed by atoms with E-state index in [0.29, 0.717) is 13.2 Å². The normalized spacial score (nSPS) is 14.3. The van der Waals surface area contributed by atoms with Crippen molar-refractivity contribution in [2.45, 2.75) is 39.2 Å². The molecule has 0 aromatic heterocycles. The Labute approximate surface area is 120 Å². The van der Waals surface area contributed by atoms with E-state index in [0.717, 1.165) is 30.6 Å². The minimum Gasteiger partial charge on any atom is -0.385 e. The summed E-state index contributed by atoms with van der Waals surface area (Å²) in [6.07, 6.45) is 2.16. The maximum Gasteiger partial charge on any atom is 0.251 e. The summed E-state index contributed by atoms with van der Waals surface area (Å²) in [6, 6.07) is 5.86. The number of carbonyl (C=O) groups excluding carboxylic acids is 1. The van der Waals surface area contributed by atoms with E-state index in [1.807, 2.05) is 39.0 Å². The smallest absolute Gasteiger partial charge is 0.251 e. The number of benzene rings is 1. The van der Waals surface area contributed by atoms with Gasteiger partial charge in [-0.3, -0.25) is 4.79 Å². The zero-order chi connectivity index (χ0) is 14.6. The molecule has 0 unspecified atom stereocenters. The fourth-order valence-electron chi connectivity index (χ4n) is 2.45. The average Bonchev–Trinajstić information content (AvgIpc) is 2.44. The van der Waals surface area contributed by atoms with E-state index >= 15 is 0 Å². The molecule has 0 saturated carbocycles. The van der Waals surface area contributed by atoms with Crippen LogP contribution >= 0.6 is 0 Å². The summed E-state index contributed by atoms with van der Waals surface area (Å²) >= 11 is 0. The SMILES string of the molecule is CCOC(C)(C)CNC(=O)c1ccc2c(c1)CCCN2. The van der Waals surface area contributed by atoms with Crippen LogP contribution in [0.2, 0.25) is 0 Å². The summed E-state index contributed by atoms with van der Waals surface area (Å²) in [7, 11) is 0. The second-order valence-corrected chi connectivity index (χ2v) is 5.78. The van der Waals surface area contributed by atoms with Crippen LogP contribution in [0.15, 0.2) is 18.2 Å². The molecule has 1 aromatic carbocycles. The van der Waals surface area contributed by atoms with Crippen molar-refractivity contribution in [2.75, 3.05) is 25.0 Å². The molecule has 0 atom stereocenters. The molecule has 2 rings (SSSR count). The largest absolute Gasteiger partial charge is 0.385 e. The summed E-state index contributed by atoms with van der Waals surface area (Å²) in [5, 5.41) is 6.30. The highest BCUT2D eigenvalue weighted by atomic mass is 16.5. The zero-order valence-corrected chi connectivity index (χ0v) is 12.6. The monoisotopic (exact) mass is 276 g/mol. The molecule has 20 heavy (non-hydrogen) atoms. The fraction of sp³-hybridized carbons (Fsp3) is 0.562. The van der Waals surface area contributed by atoms with Gasteiger partial charge in [0, 0.05) is 30.9 Å². The number of anilines is 1. The third-order valence-electron chi connectivity index (χ3n) is 3.52. The molecule has 0 aliphatic carbocycles. The minimum absolute atomic E-state index is 0.0360. The predicted octanol–water partition coefficient (Wildman–Crippen LogP) is 2.59. The van der Waals surface area contributed by atoms with Gasteiger partial charge < -0.3 is 15.4 Å². The third-order valence-corrected chi connectivity index (χ3v) is 3.52. The predicted molar refractivity (Wildman–Crippen MR) is 81.3 cm³/mol. The van der Waals surface area contributed by atoms with E-state index in [-0.39, 0.29) is 11.5 Å². The highest BCUT2D eigenvalue weighted by molar-refractivity contribution is 5.95. The first-order chi connectivity index (χ1) is 9.52. The van der Waals surface area contributed by atoms with Crippen molar-refractivity contribution in [1.82, 2.24) is 5.32 Å². The Morgan fingerprint density at radius 1 is 1.45 bits per heavy atom. The lowest BCUT2D eigenvalue weighted by Crippen LogP contribution is -2.40. The van der Waals surface area contributed by atoms with Gasteiger partial charge in [-0.25, -0.2) is 0 Å². The lowest BCUT2D eigenvalue weighted by Gasteiger charge is -2.25. The van der Waals surface area contributed by atoms with Gasteiger partial charge in [-0.15, -0.1) is 0 Å². The Kier molecular flexibility index (Phi) is 4.65. The summed E-state index contributed by atoms with van der Waals surface area (Å²) in [5.41, 5.74) is 2.77. The van der Waals surface area contributed by atoms with Crippen LogP contribution in [0, 0.1) is 0 Å². The molecular weight excluding hydrogens is 252 g/mol. The van der Waals surface area contributed by atoms with E-state index < -0.39 is 0 Å². The number of amides is 1. The molecule has 0 radical (unpaired) electrons. The van der Waals surface area contributed by atoms with Crippen LogP contribution in [0.4, 0.5) is 5.69 Å². The van der Waals surface area contributed by atoms with Crippen LogP contribution in [-0.4, -0.2) is 31.2 Å². The van der Waals surface area contributed by atoms with Gasteiger partial charge in [-0.1, -0.05) is 0 Å². The molecule has 0 bridgehead atoms. The van der Waals surface area contributed by atoms with Crippen molar-refractivity contribution in [3.05, 3.63) is 29.3 Å². The first-order valence-electron chi connectivity index (χ1n) is 7.31. The number of hydrogen-bond acceptors (Lipinski definition) is 3. The maximum atomic E-state index is 12.2. The quantitative estimate of drug-likeness (QED) is 0.869. The summed E-state index contributed by atoms with van der Waals surface area (Å²) in [6.45, 7) is 8.09. The molecule has 1 aliphatic rings. The maximum absolute atomic E-state index is 12.2. The number of nitrogens with one attached hydrogen (secondary N) is 2. The highest BCUT2D eigenvalue weighted by Crippen LogP contribution is 2.22. The molecule has 4 heteroatoms. The molecule has 0 spiro atoms. The molecule has 4 nitrogen and oxygen atoms in total. The number of fused-ring (bicyclic) bond motifs is 1. The summed E-state index contributed by atoms with van der Waals surface area (Å²) in [4.78, 5) is 12.2. The Morgan fingerprint density at radius 3 is 3.00 bits per heavy atom. The minimum atomic E-state index is -0.333. The number of ether oxygens (including phenoxy) is 1. The first-order valence-corrected chi connectivity index (χ1v) is 7.31. The van der Waals surface area contributed by atoms with Crippen LogP contribution in [0.1, 0.15) is 43.1 Å². The highest BCUT2D eigenvalue weighted by Gasteiger charge is 2.19. The molecule has 110 valence electrons. The topological polar surface area (TPSA) is 50.4 Å². The van der Waals surface area contributed by atoms with Gasteiger partial charge in [0.25, 0.3) is 5.91 Å². The van der Waals surface area contributed by atoms with Crippen molar-refractivity contribution in [3.8, 4) is 0 Å². The molecule has 1 heterocycles. The molecular formula is C16H24N2O2. The van der Waals surface area contributed by atoms with Gasteiger partial charge in [0.2, 0.25) is 0 Å². The van der Waals surface area contributed by atoms with Crippen LogP contribution in [0.5, 0.6) is 0 Å². The fourth-order valence-corrected chi connectivity index (χ4v) is 2.45. The van der Waals surface area contributed by atoms with Crippen LogP contribution in [-0.2, 0) is 11.2 Å². The van der Waals surface area contributed by atoms with Gasteiger partial charge >= 0.3 is 0 Å². The van der Waals surface area contributed by atoms with Gasteiger partial charge in [0.05, 0.1) is 5.60 Å². The van der Waals surface area contributed by atoms with E-state index in [1.165, 1.54) is 5.56 Å². The molecule has 1 aliphatic heterocycles. The van der Waals surface area contributed by atoms with Crippen LogP contribution < -0.4 is 10.6 Å². The lowest BCUT2D eigenvalue weighted by molar-refractivity contribution is -0.00815. The van der Waals surface area contributed by atoms with Gasteiger partial charge in [-0.05, 0) is 57.4 Å². The van der Waals surface area contributed by atoms with E-state index in [2.05, 4.69) is 10.6 Å². The molecule has 1 amide bonds. The molecule has 2 N–H and O–H groups in total. The van der Waals surface area contributed by atoms with Crippen molar-refractivity contribution < 1.29 is 9.53 Å². The first kappa shape index (κ1) is 14.9. The van der Waals surface area contributed by atoms with Crippen molar-refractivity contribution in [2.24, 2.45) is 0 Å². The van der Waals surface area contributed by atoms with Crippen molar-refractivity contribution >= 4 is 11.6 Å². The van der Waals surface area contributed by atoms with Crippen LogP contribution in [0.3, 0.4) is 0 Å². The lowest BCUT2D eigenvalue weighted by atomic mass is 10.0. The van der Waals surface area contributed by atoms with Crippen LogP contribution in [0.25, 0.3) is 0 Å². The Hall–Kier alpha value is -1.55. The van der Waals surface area contributed by atoms with Crippen molar-refractivity contribution in [1.29, 1.82) is 0 Å². The molecule has 1 aromatic rings. The Balaban J connectivity index is 1.99. The molecule has 0 fully saturated rings. The van der Waals surface area contributed by atoms with Crippen molar-refractivity contribution in [3.63, 3.8) is 0 Å². The third kappa shape index (κ3) is 3.73. The summed E-state index contributed by atoms with van der Waals surface area (Å²) < 4.78 is 5.58. The zero-order valence-electron chi connectivity index (χ0n) is 12.6. The number of hydrogen-bond donors (Lipinski definition) is 2. The van der Waals surface area contributed by atoms with Gasteiger partial charge in [-0.2, -0.15) is 0 Å². The second kappa shape index (κ2) is 6.27.